The van der Waals surface area contributed by atoms with Gasteiger partial charge in [-0.25, -0.2) is 4.98 Å². The molecule has 6 heteroatoms. The Balaban J connectivity index is 1.45. The largest absolute Gasteiger partial charge is 0.457 e. The molecule has 0 aliphatic heterocycles. The summed E-state index contributed by atoms with van der Waals surface area (Å²) >= 11 is 0. The third kappa shape index (κ3) is 4.93. The minimum atomic E-state index is -0.119. The predicted octanol–water partition coefficient (Wildman–Crippen LogP) is 6.07. The van der Waals surface area contributed by atoms with Crippen molar-refractivity contribution in [3.05, 3.63) is 103 Å². The molecule has 0 aliphatic rings. The first kappa shape index (κ1) is 22.4. The molecule has 2 aromatic heterocycles. The highest BCUT2D eigenvalue weighted by Crippen LogP contribution is 2.36. The van der Waals surface area contributed by atoms with E-state index in [4.69, 9.17) is 9.47 Å². The third-order valence-electron chi connectivity index (χ3n) is 5.75. The lowest BCUT2D eigenvalue weighted by Crippen LogP contribution is -2.26. The number of nitrogens with zero attached hydrogens (tertiary/aromatic N) is 1. The first-order valence-electron chi connectivity index (χ1n) is 11.4. The minimum Gasteiger partial charge on any atom is -0.457 e. The second kappa shape index (κ2) is 10.2. The van der Waals surface area contributed by atoms with E-state index in [1.807, 2.05) is 91.3 Å². The Morgan fingerprint density at radius 3 is 2.49 bits per heavy atom. The summed E-state index contributed by atoms with van der Waals surface area (Å²) in [6.07, 6.45) is 3.80. The number of carbonyl (C=O) groups is 1. The van der Waals surface area contributed by atoms with Gasteiger partial charge >= 0.3 is 0 Å². The number of nitrogens with one attached hydrogen (secondary N) is 2. The fourth-order valence-electron chi connectivity index (χ4n) is 3.97. The van der Waals surface area contributed by atoms with Crippen LogP contribution in [0.4, 0.5) is 0 Å². The quantitative estimate of drug-likeness (QED) is 0.274. The van der Waals surface area contributed by atoms with Crippen LogP contribution in [0.1, 0.15) is 10.4 Å². The molecule has 0 unspecified atom stereocenters. The second-order valence-corrected chi connectivity index (χ2v) is 8.06. The van der Waals surface area contributed by atoms with E-state index >= 15 is 0 Å². The van der Waals surface area contributed by atoms with Crippen LogP contribution in [0.5, 0.6) is 11.5 Å². The maximum atomic E-state index is 12.3. The first-order valence-corrected chi connectivity index (χ1v) is 11.4. The van der Waals surface area contributed by atoms with Gasteiger partial charge < -0.3 is 19.8 Å². The number of fused-ring (bicyclic) bond motifs is 1. The van der Waals surface area contributed by atoms with Crippen molar-refractivity contribution in [3.63, 3.8) is 0 Å². The first-order chi connectivity index (χ1) is 17.2. The van der Waals surface area contributed by atoms with Crippen LogP contribution in [0.2, 0.25) is 0 Å². The maximum Gasteiger partial charge on any atom is 0.251 e. The smallest absolute Gasteiger partial charge is 0.251 e. The maximum absolute atomic E-state index is 12.3. The van der Waals surface area contributed by atoms with Crippen molar-refractivity contribution in [1.82, 2.24) is 15.3 Å². The van der Waals surface area contributed by atoms with Crippen molar-refractivity contribution in [1.29, 1.82) is 0 Å². The molecule has 35 heavy (non-hydrogen) atoms. The fourth-order valence-corrected chi connectivity index (χ4v) is 3.97. The van der Waals surface area contributed by atoms with E-state index in [9.17, 15) is 4.79 Å². The van der Waals surface area contributed by atoms with E-state index in [-0.39, 0.29) is 5.91 Å². The van der Waals surface area contributed by atoms with Crippen molar-refractivity contribution in [2.24, 2.45) is 0 Å². The Morgan fingerprint density at radius 1 is 0.914 bits per heavy atom. The molecule has 0 radical (unpaired) electrons. The molecule has 0 fully saturated rings. The Labute approximate surface area is 203 Å². The number of rotatable bonds is 8. The Morgan fingerprint density at radius 2 is 1.69 bits per heavy atom. The lowest BCUT2D eigenvalue weighted by atomic mass is 10.0. The van der Waals surface area contributed by atoms with Crippen molar-refractivity contribution >= 4 is 16.9 Å². The van der Waals surface area contributed by atoms with E-state index in [1.165, 1.54) is 0 Å². The zero-order valence-electron chi connectivity index (χ0n) is 19.3. The summed E-state index contributed by atoms with van der Waals surface area (Å²) in [6, 6.07) is 27.4. The number of para-hydroxylation sites is 2. The Bertz CT molecular complexity index is 1440. The van der Waals surface area contributed by atoms with Gasteiger partial charge in [0.25, 0.3) is 5.91 Å². The number of hydrogen-bond donors (Lipinski definition) is 2. The zero-order chi connectivity index (χ0) is 24.0. The molecule has 0 atom stereocenters. The molecule has 2 heterocycles. The normalized spacial score (nSPS) is 10.9. The van der Waals surface area contributed by atoms with Crippen LogP contribution in [0.3, 0.4) is 0 Å². The van der Waals surface area contributed by atoms with Crippen LogP contribution in [0.15, 0.2) is 97.3 Å². The van der Waals surface area contributed by atoms with Gasteiger partial charge in [-0.1, -0.05) is 48.5 Å². The SMILES string of the molecule is COCCNC(=O)c1ccc(-c2c[nH]c3ncc(-c4ccccc4Oc4ccccc4)cc23)cc1. The molecule has 0 bridgehead atoms. The van der Waals surface area contributed by atoms with Crippen LogP contribution in [0.25, 0.3) is 33.3 Å². The standard InChI is InChI=1S/C29H25N3O3/c1-34-16-15-30-29(33)21-13-11-20(12-14-21)26-19-32-28-25(26)17-22(18-31-28)24-9-5-6-10-27(24)35-23-7-3-2-4-8-23/h2-14,17-19H,15-16H2,1H3,(H,30,33)(H,31,32). The molecule has 5 aromatic rings. The number of H-pyrrole nitrogens is 1. The Hall–Kier alpha value is -4.42. The molecule has 0 aliphatic carbocycles. The summed E-state index contributed by atoms with van der Waals surface area (Å²) in [5.41, 5.74) is 5.33. The topological polar surface area (TPSA) is 76.2 Å². The average molecular weight is 464 g/mol. The number of pyridine rings is 1. The highest BCUT2D eigenvalue weighted by Gasteiger charge is 2.13. The molecule has 0 spiro atoms. The van der Waals surface area contributed by atoms with Gasteiger partial charge in [0.2, 0.25) is 0 Å². The molecule has 5 rings (SSSR count). The van der Waals surface area contributed by atoms with E-state index < -0.39 is 0 Å². The number of carbonyl (C=O) groups excluding carboxylic acids is 1. The summed E-state index contributed by atoms with van der Waals surface area (Å²) in [5.74, 6) is 1.43. The number of methoxy groups -OCH3 is 1. The molecule has 174 valence electrons. The minimum absolute atomic E-state index is 0.119. The summed E-state index contributed by atoms with van der Waals surface area (Å²) in [7, 11) is 1.61. The van der Waals surface area contributed by atoms with Crippen LogP contribution in [-0.4, -0.2) is 36.1 Å². The summed E-state index contributed by atoms with van der Waals surface area (Å²) < 4.78 is 11.1. The second-order valence-electron chi connectivity index (χ2n) is 8.06. The van der Waals surface area contributed by atoms with Gasteiger partial charge in [0, 0.05) is 53.7 Å². The van der Waals surface area contributed by atoms with E-state index in [1.54, 1.807) is 7.11 Å². The van der Waals surface area contributed by atoms with Crippen LogP contribution in [0, 0.1) is 0 Å². The Kier molecular flexibility index (Phi) is 6.55. The summed E-state index contributed by atoms with van der Waals surface area (Å²) in [5, 5.41) is 3.83. The molecule has 0 saturated heterocycles. The van der Waals surface area contributed by atoms with E-state index in [0.29, 0.717) is 18.7 Å². The molecular weight excluding hydrogens is 438 g/mol. The lowest BCUT2D eigenvalue weighted by Gasteiger charge is -2.11. The molecule has 6 nitrogen and oxygen atoms in total. The molecule has 3 aromatic carbocycles. The summed E-state index contributed by atoms with van der Waals surface area (Å²) in [4.78, 5) is 20.2. The van der Waals surface area contributed by atoms with E-state index in [0.717, 1.165) is 44.8 Å². The van der Waals surface area contributed by atoms with Gasteiger partial charge in [0.05, 0.1) is 6.61 Å². The molecular formula is C29H25N3O3. The summed E-state index contributed by atoms with van der Waals surface area (Å²) in [6.45, 7) is 0.956. The van der Waals surface area contributed by atoms with Crippen molar-refractivity contribution < 1.29 is 14.3 Å². The highest BCUT2D eigenvalue weighted by molar-refractivity contribution is 5.98. The number of hydrogen-bond acceptors (Lipinski definition) is 4. The van der Waals surface area contributed by atoms with Crippen LogP contribution in [-0.2, 0) is 4.74 Å². The highest BCUT2D eigenvalue weighted by atomic mass is 16.5. The molecule has 0 saturated carbocycles. The number of ether oxygens (including phenoxy) is 2. The van der Waals surface area contributed by atoms with Crippen molar-refractivity contribution in [2.45, 2.75) is 0 Å². The van der Waals surface area contributed by atoms with E-state index in [2.05, 4.69) is 21.4 Å². The predicted molar refractivity (Wildman–Crippen MR) is 138 cm³/mol. The van der Waals surface area contributed by atoms with Gasteiger partial charge in [-0.05, 0) is 42.0 Å². The van der Waals surface area contributed by atoms with Gasteiger partial charge in [0.15, 0.2) is 0 Å². The molecule has 2 N–H and O–H groups in total. The van der Waals surface area contributed by atoms with Crippen molar-refractivity contribution in [2.75, 3.05) is 20.3 Å². The number of benzene rings is 3. The fraction of sp³-hybridized carbons (Fsp3) is 0.103. The number of aromatic nitrogens is 2. The number of aromatic amines is 1. The van der Waals surface area contributed by atoms with Crippen molar-refractivity contribution in [3.8, 4) is 33.8 Å². The van der Waals surface area contributed by atoms with Gasteiger partial charge in [-0.15, -0.1) is 0 Å². The van der Waals surface area contributed by atoms with Gasteiger partial charge in [0.1, 0.15) is 17.1 Å². The monoisotopic (exact) mass is 463 g/mol. The molecule has 1 amide bonds. The van der Waals surface area contributed by atoms with Gasteiger partial charge in [-0.3, -0.25) is 4.79 Å². The average Bonchev–Trinajstić information content (AvgIpc) is 3.33. The third-order valence-corrected chi connectivity index (χ3v) is 5.75. The van der Waals surface area contributed by atoms with Crippen LogP contribution >= 0.6 is 0 Å². The number of amides is 1. The lowest BCUT2D eigenvalue weighted by molar-refractivity contribution is 0.0937. The van der Waals surface area contributed by atoms with Gasteiger partial charge in [-0.2, -0.15) is 0 Å². The zero-order valence-corrected chi connectivity index (χ0v) is 19.3. The van der Waals surface area contributed by atoms with Crippen LogP contribution < -0.4 is 10.1 Å².